The number of carbonyl (C=O) groups excluding carboxylic acids is 3. The van der Waals surface area contributed by atoms with Crippen LogP contribution < -0.4 is 16.0 Å². The number of hydrogen-bond acceptors (Lipinski definition) is 4. The maximum absolute atomic E-state index is 13.1. The zero-order valence-corrected chi connectivity index (χ0v) is 17.1. The zero-order chi connectivity index (χ0) is 21.3. The van der Waals surface area contributed by atoms with Crippen LogP contribution >= 0.6 is 0 Å². The Balaban J connectivity index is 1.61. The largest absolute Gasteiger partial charge is 0.366 e. The van der Waals surface area contributed by atoms with E-state index in [0.717, 1.165) is 44.5 Å². The third-order valence-corrected chi connectivity index (χ3v) is 5.91. The Labute approximate surface area is 175 Å². The number of fused-ring (bicyclic) bond motifs is 2. The van der Waals surface area contributed by atoms with Crippen LogP contribution in [0.15, 0.2) is 42.5 Å². The van der Waals surface area contributed by atoms with Gasteiger partial charge in [0, 0.05) is 29.9 Å². The Morgan fingerprint density at radius 3 is 2.50 bits per heavy atom. The van der Waals surface area contributed by atoms with Gasteiger partial charge in [0.25, 0.3) is 11.8 Å². The summed E-state index contributed by atoms with van der Waals surface area (Å²) >= 11 is 0. The van der Waals surface area contributed by atoms with Crippen LogP contribution in [0, 0.1) is 0 Å². The first-order chi connectivity index (χ1) is 14.5. The van der Waals surface area contributed by atoms with Gasteiger partial charge in [-0.05, 0) is 68.7 Å². The second kappa shape index (κ2) is 8.18. The summed E-state index contributed by atoms with van der Waals surface area (Å²) in [6.45, 7) is 3.62. The van der Waals surface area contributed by atoms with E-state index in [9.17, 15) is 14.4 Å². The lowest BCUT2D eigenvalue weighted by atomic mass is 10.0. The highest BCUT2D eigenvalue weighted by Gasteiger charge is 2.37. The van der Waals surface area contributed by atoms with Crippen molar-refractivity contribution in [1.82, 2.24) is 4.90 Å². The molecule has 4 rings (SSSR count). The summed E-state index contributed by atoms with van der Waals surface area (Å²) in [5, 5.41) is 2.84. The summed E-state index contributed by atoms with van der Waals surface area (Å²) in [6.07, 6.45) is 4.27. The Kier molecular flexibility index (Phi) is 5.44. The number of amides is 3. The number of nitrogens with zero attached hydrogens (tertiary/aromatic N) is 2. The molecule has 3 N–H and O–H groups in total. The van der Waals surface area contributed by atoms with Gasteiger partial charge in [0.1, 0.15) is 6.17 Å². The molecule has 2 heterocycles. The minimum absolute atomic E-state index is 0.0515. The Morgan fingerprint density at radius 1 is 1.07 bits per heavy atom. The van der Waals surface area contributed by atoms with Crippen molar-refractivity contribution < 1.29 is 14.4 Å². The van der Waals surface area contributed by atoms with Crippen LogP contribution in [0.3, 0.4) is 0 Å². The molecule has 3 amide bonds. The van der Waals surface area contributed by atoms with E-state index in [4.69, 9.17) is 5.73 Å². The van der Waals surface area contributed by atoms with E-state index in [1.54, 1.807) is 36.4 Å². The molecule has 0 saturated carbocycles. The van der Waals surface area contributed by atoms with Gasteiger partial charge in [-0.3, -0.25) is 14.4 Å². The van der Waals surface area contributed by atoms with Crippen LogP contribution in [-0.4, -0.2) is 41.9 Å². The highest BCUT2D eigenvalue weighted by atomic mass is 16.2. The molecule has 0 aromatic heterocycles. The van der Waals surface area contributed by atoms with Crippen molar-refractivity contribution >= 4 is 29.1 Å². The second-order valence-corrected chi connectivity index (χ2v) is 7.74. The van der Waals surface area contributed by atoms with Crippen molar-refractivity contribution in [3.05, 3.63) is 59.2 Å². The molecule has 2 aromatic rings. The Bertz CT molecular complexity index is 986. The summed E-state index contributed by atoms with van der Waals surface area (Å²) in [5.41, 5.74) is 8.16. The van der Waals surface area contributed by atoms with Crippen LogP contribution in [0.25, 0.3) is 0 Å². The lowest BCUT2D eigenvalue weighted by molar-refractivity contribution is 0.0656. The average molecular weight is 406 g/mol. The fourth-order valence-electron chi connectivity index (χ4n) is 4.36. The molecule has 2 aliphatic rings. The molecule has 7 nitrogen and oxygen atoms in total. The van der Waals surface area contributed by atoms with E-state index in [1.165, 1.54) is 0 Å². The lowest BCUT2D eigenvalue weighted by Gasteiger charge is -2.44. The quantitative estimate of drug-likeness (QED) is 0.815. The summed E-state index contributed by atoms with van der Waals surface area (Å²) in [7, 11) is 0. The van der Waals surface area contributed by atoms with Crippen LogP contribution in [0.1, 0.15) is 63.7 Å². The van der Waals surface area contributed by atoms with Crippen molar-refractivity contribution in [2.24, 2.45) is 5.73 Å². The van der Waals surface area contributed by atoms with E-state index < -0.39 is 5.91 Å². The number of nitrogens with two attached hydrogens (primary N) is 1. The maximum Gasteiger partial charge on any atom is 0.257 e. The fraction of sp³-hybridized carbons (Fsp3) is 0.348. The minimum Gasteiger partial charge on any atom is -0.366 e. The van der Waals surface area contributed by atoms with Crippen molar-refractivity contribution in [2.75, 3.05) is 23.3 Å². The van der Waals surface area contributed by atoms with Gasteiger partial charge < -0.3 is 20.9 Å². The van der Waals surface area contributed by atoms with Gasteiger partial charge in [-0.15, -0.1) is 0 Å². The fourth-order valence-corrected chi connectivity index (χ4v) is 4.36. The Hall–Kier alpha value is -3.35. The van der Waals surface area contributed by atoms with Crippen LogP contribution in [0.2, 0.25) is 0 Å². The van der Waals surface area contributed by atoms with E-state index in [1.807, 2.05) is 11.0 Å². The van der Waals surface area contributed by atoms with Gasteiger partial charge in [-0.25, -0.2) is 0 Å². The maximum atomic E-state index is 13.1. The van der Waals surface area contributed by atoms with Crippen molar-refractivity contribution in [3.63, 3.8) is 0 Å². The van der Waals surface area contributed by atoms with Gasteiger partial charge in [0.2, 0.25) is 5.91 Å². The first-order valence-corrected chi connectivity index (χ1v) is 10.4. The number of nitrogens with one attached hydrogen (secondary N) is 1. The first kappa shape index (κ1) is 19.9. The van der Waals surface area contributed by atoms with Gasteiger partial charge in [-0.2, -0.15) is 0 Å². The van der Waals surface area contributed by atoms with Gasteiger partial charge in [0.15, 0.2) is 0 Å². The predicted octanol–water partition coefficient (Wildman–Crippen LogP) is 3.22. The van der Waals surface area contributed by atoms with Crippen molar-refractivity contribution in [1.29, 1.82) is 0 Å². The molecule has 2 aromatic carbocycles. The highest BCUT2D eigenvalue weighted by Crippen LogP contribution is 2.35. The topological polar surface area (TPSA) is 95.7 Å². The molecular formula is C23H26N4O3. The molecule has 1 unspecified atom stereocenters. The smallest absolute Gasteiger partial charge is 0.257 e. The molecule has 0 spiro atoms. The second-order valence-electron chi connectivity index (χ2n) is 7.74. The molecule has 1 saturated heterocycles. The van der Waals surface area contributed by atoms with E-state index in [-0.39, 0.29) is 18.0 Å². The third-order valence-electron chi connectivity index (χ3n) is 5.91. The van der Waals surface area contributed by atoms with E-state index in [0.29, 0.717) is 22.4 Å². The van der Waals surface area contributed by atoms with Crippen LogP contribution in [0.4, 0.5) is 11.4 Å². The number of anilines is 2. The van der Waals surface area contributed by atoms with Gasteiger partial charge in [0.05, 0.1) is 11.3 Å². The zero-order valence-electron chi connectivity index (χ0n) is 17.1. The van der Waals surface area contributed by atoms with E-state index in [2.05, 4.69) is 17.1 Å². The number of rotatable bonds is 4. The number of primary amides is 1. The summed E-state index contributed by atoms with van der Waals surface area (Å²) in [5.74, 6) is -0.730. The van der Waals surface area contributed by atoms with Crippen LogP contribution in [0.5, 0.6) is 0 Å². The monoisotopic (exact) mass is 406 g/mol. The molecule has 0 radical (unpaired) electrons. The highest BCUT2D eigenvalue weighted by molar-refractivity contribution is 6.08. The summed E-state index contributed by atoms with van der Waals surface area (Å²) in [4.78, 5) is 41.3. The Morgan fingerprint density at radius 2 is 1.80 bits per heavy atom. The number of benzene rings is 2. The summed E-state index contributed by atoms with van der Waals surface area (Å²) in [6, 6.07) is 11.7. The molecule has 7 heteroatoms. The van der Waals surface area contributed by atoms with Gasteiger partial charge >= 0.3 is 0 Å². The first-order valence-electron chi connectivity index (χ1n) is 10.4. The SMILES string of the molecule is CCN1c2cc(C(=O)Nc3ccc(C(N)=O)cc3)ccc2C(=O)N2CCCCCC21. The molecule has 0 bridgehead atoms. The van der Waals surface area contributed by atoms with E-state index >= 15 is 0 Å². The minimum atomic E-state index is -0.514. The number of hydrogen-bond donors (Lipinski definition) is 2. The molecule has 0 aliphatic carbocycles. The average Bonchev–Trinajstić information content (AvgIpc) is 3.00. The molecule has 30 heavy (non-hydrogen) atoms. The molecular weight excluding hydrogens is 380 g/mol. The lowest BCUT2D eigenvalue weighted by Crippen LogP contribution is -2.55. The van der Waals surface area contributed by atoms with Gasteiger partial charge in [-0.1, -0.05) is 6.42 Å². The molecule has 156 valence electrons. The molecule has 1 atom stereocenters. The third kappa shape index (κ3) is 3.63. The summed E-state index contributed by atoms with van der Waals surface area (Å²) < 4.78 is 0. The molecule has 1 fully saturated rings. The number of carbonyl (C=O) groups is 3. The molecule has 2 aliphatic heterocycles. The van der Waals surface area contributed by atoms with Crippen LogP contribution in [-0.2, 0) is 0 Å². The standard InChI is InChI=1S/C23H26N4O3/c1-2-26-19-14-16(22(29)25-17-10-7-15(8-11-17)21(24)28)9-12-18(19)23(30)27-13-5-3-4-6-20(26)27/h7-12,14,20H,2-6,13H2,1H3,(H2,24,28)(H,25,29). The normalized spacial score (nSPS) is 18.3. The predicted molar refractivity (Wildman–Crippen MR) is 116 cm³/mol. The van der Waals surface area contributed by atoms with Crippen molar-refractivity contribution in [3.8, 4) is 0 Å². The van der Waals surface area contributed by atoms with Crippen molar-refractivity contribution in [2.45, 2.75) is 38.8 Å².